The van der Waals surface area contributed by atoms with Crippen molar-refractivity contribution >= 4 is 0 Å². The minimum atomic E-state index is 1.03. The molecule has 3 unspecified atom stereocenters. The summed E-state index contributed by atoms with van der Waals surface area (Å²) in [6.07, 6.45) is 10.6. The van der Waals surface area contributed by atoms with E-state index >= 15 is 0 Å². The van der Waals surface area contributed by atoms with Crippen LogP contribution in [0.4, 0.5) is 0 Å². The molecule has 2 saturated heterocycles. The van der Waals surface area contributed by atoms with Crippen LogP contribution in [0.15, 0.2) is 0 Å². The summed E-state index contributed by atoms with van der Waals surface area (Å²) in [4.78, 5) is 2.58. The van der Waals surface area contributed by atoms with Gasteiger partial charge in [-0.25, -0.2) is 0 Å². The van der Waals surface area contributed by atoms with Crippen LogP contribution in [0, 0.1) is 23.7 Å². The molecule has 98 valence electrons. The largest absolute Gasteiger partial charge is 0.297 e. The van der Waals surface area contributed by atoms with Crippen molar-refractivity contribution in [3.8, 4) is 0 Å². The second kappa shape index (κ2) is 4.91. The SMILES string of the molecule is CCC1CC2CC(C1)C2.CCC1CC2CN2C1. The summed E-state index contributed by atoms with van der Waals surface area (Å²) < 4.78 is 0. The Bertz CT molecular complexity index is 236. The third-order valence-electron chi connectivity index (χ3n) is 5.75. The first-order valence-electron chi connectivity index (χ1n) is 8.02. The molecule has 3 saturated carbocycles. The van der Waals surface area contributed by atoms with Crippen LogP contribution in [0.5, 0.6) is 0 Å². The van der Waals surface area contributed by atoms with E-state index in [1.807, 2.05) is 0 Å². The predicted molar refractivity (Wildman–Crippen MR) is 73.0 cm³/mol. The first kappa shape index (κ1) is 12.0. The molecule has 2 heterocycles. The zero-order chi connectivity index (χ0) is 11.8. The molecule has 3 aliphatic carbocycles. The molecule has 5 aliphatic rings. The monoisotopic (exact) mass is 235 g/mol. The third-order valence-corrected chi connectivity index (χ3v) is 5.75. The smallest absolute Gasteiger partial charge is 0.0227 e. The lowest BCUT2D eigenvalue weighted by atomic mass is 9.61. The van der Waals surface area contributed by atoms with Crippen LogP contribution in [-0.4, -0.2) is 24.0 Å². The fraction of sp³-hybridized carbons (Fsp3) is 1.00. The highest BCUT2D eigenvalue weighted by molar-refractivity contribution is 4.98. The molecule has 2 bridgehead atoms. The Kier molecular flexibility index (Phi) is 3.47. The van der Waals surface area contributed by atoms with Gasteiger partial charge in [0, 0.05) is 19.1 Å². The van der Waals surface area contributed by atoms with Crippen molar-refractivity contribution < 1.29 is 0 Å². The van der Waals surface area contributed by atoms with Gasteiger partial charge in [-0.1, -0.05) is 26.7 Å². The van der Waals surface area contributed by atoms with Gasteiger partial charge in [-0.05, 0) is 55.8 Å². The lowest BCUT2D eigenvalue weighted by Gasteiger charge is -2.45. The van der Waals surface area contributed by atoms with E-state index < -0.39 is 0 Å². The minimum absolute atomic E-state index is 1.03. The van der Waals surface area contributed by atoms with Crippen LogP contribution >= 0.6 is 0 Å². The van der Waals surface area contributed by atoms with Crippen LogP contribution < -0.4 is 0 Å². The Hall–Kier alpha value is -0.0400. The first-order chi connectivity index (χ1) is 8.28. The summed E-state index contributed by atoms with van der Waals surface area (Å²) in [5.41, 5.74) is 0. The normalized spacial score (nSPS) is 49.8. The van der Waals surface area contributed by atoms with E-state index in [4.69, 9.17) is 0 Å². The maximum absolute atomic E-state index is 2.58. The lowest BCUT2D eigenvalue weighted by molar-refractivity contribution is 0.0657. The van der Waals surface area contributed by atoms with Crippen molar-refractivity contribution in [2.45, 2.75) is 64.8 Å². The summed E-state index contributed by atoms with van der Waals surface area (Å²) in [5.74, 6) is 4.48. The summed E-state index contributed by atoms with van der Waals surface area (Å²) in [6.45, 7) is 7.46. The maximum atomic E-state index is 2.58. The number of rotatable bonds is 2. The van der Waals surface area contributed by atoms with Gasteiger partial charge >= 0.3 is 0 Å². The van der Waals surface area contributed by atoms with Gasteiger partial charge in [0.1, 0.15) is 0 Å². The van der Waals surface area contributed by atoms with Crippen LogP contribution in [0.1, 0.15) is 58.8 Å². The van der Waals surface area contributed by atoms with E-state index in [1.54, 1.807) is 25.7 Å². The van der Waals surface area contributed by atoms with Crippen molar-refractivity contribution in [2.24, 2.45) is 23.7 Å². The molecule has 0 spiro atoms. The van der Waals surface area contributed by atoms with Crippen LogP contribution in [-0.2, 0) is 0 Å². The molecule has 0 aromatic heterocycles. The maximum Gasteiger partial charge on any atom is 0.0227 e. The quantitative estimate of drug-likeness (QED) is 0.655. The fourth-order valence-corrected chi connectivity index (χ4v) is 4.39. The number of nitrogens with zero attached hydrogens (tertiary/aromatic N) is 1. The molecule has 0 N–H and O–H groups in total. The van der Waals surface area contributed by atoms with Crippen molar-refractivity contribution in [1.82, 2.24) is 4.90 Å². The van der Waals surface area contributed by atoms with E-state index in [-0.39, 0.29) is 0 Å². The Morgan fingerprint density at radius 1 is 0.765 bits per heavy atom. The summed E-state index contributed by atoms with van der Waals surface area (Å²) in [5, 5.41) is 0. The molecule has 3 atom stereocenters. The van der Waals surface area contributed by atoms with Crippen LogP contribution in [0.25, 0.3) is 0 Å². The van der Waals surface area contributed by atoms with Gasteiger partial charge in [-0.3, -0.25) is 4.90 Å². The first-order valence-corrected chi connectivity index (χ1v) is 8.02. The average molecular weight is 235 g/mol. The van der Waals surface area contributed by atoms with Gasteiger partial charge < -0.3 is 0 Å². The standard InChI is InChI=1S/C9H16.C7H13N/c1-2-7-3-8-5-9(4-7)6-8;1-2-6-3-7-5-8(7)4-6/h7-9H,2-6H2,1H3;6-7H,2-5H2,1H3. The van der Waals surface area contributed by atoms with Crippen LogP contribution in [0.3, 0.4) is 0 Å². The summed E-state index contributed by atoms with van der Waals surface area (Å²) in [7, 11) is 0. The zero-order valence-corrected chi connectivity index (χ0v) is 11.7. The molecule has 5 fully saturated rings. The number of fused-ring (bicyclic) bond motifs is 3. The topological polar surface area (TPSA) is 3.01 Å². The van der Waals surface area contributed by atoms with E-state index in [9.17, 15) is 0 Å². The van der Waals surface area contributed by atoms with E-state index in [2.05, 4.69) is 18.7 Å². The fourth-order valence-electron chi connectivity index (χ4n) is 4.39. The number of hydrogen-bond acceptors (Lipinski definition) is 1. The van der Waals surface area contributed by atoms with E-state index in [0.717, 1.165) is 29.7 Å². The molecule has 5 rings (SSSR count). The highest BCUT2D eigenvalue weighted by Gasteiger charge is 2.42. The molecule has 0 aromatic carbocycles. The molecule has 0 amide bonds. The number of hydrogen-bond donors (Lipinski definition) is 0. The zero-order valence-electron chi connectivity index (χ0n) is 11.7. The second-order valence-electron chi connectivity index (χ2n) is 7.07. The molecular weight excluding hydrogens is 206 g/mol. The van der Waals surface area contributed by atoms with Gasteiger partial charge in [0.2, 0.25) is 0 Å². The highest BCUT2D eigenvalue weighted by atomic mass is 15.3. The average Bonchev–Trinajstić information content (AvgIpc) is 2.96. The molecule has 1 heteroatoms. The summed E-state index contributed by atoms with van der Waals surface area (Å²) in [6, 6.07) is 1.03. The Morgan fingerprint density at radius 2 is 1.41 bits per heavy atom. The van der Waals surface area contributed by atoms with Gasteiger partial charge in [0.05, 0.1) is 0 Å². The Morgan fingerprint density at radius 3 is 1.76 bits per heavy atom. The number of piperidine rings is 1. The Labute approximate surface area is 107 Å². The highest BCUT2D eigenvalue weighted by Crippen LogP contribution is 2.48. The van der Waals surface area contributed by atoms with Gasteiger partial charge in [0.15, 0.2) is 0 Å². The van der Waals surface area contributed by atoms with Crippen molar-refractivity contribution in [2.75, 3.05) is 13.1 Å². The molecule has 1 nitrogen and oxygen atoms in total. The van der Waals surface area contributed by atoms with E-state index in [1.165, 1.54) is 32.4 Å². The molecular formula is C16H29N. The van der Waals surface area contributed by atoms with Gasteiger partial charge in [-0.2, -0.15) is 0 Å². The molecule has 0 aromatic rings. The lowest BCUT2D eigenvalue weighted by Crippen LogP contribution is -2.33. The molecule has 0 radical (unpaired) electrons. The van der Waals surface area contributed by atoms with E-state index in [0.29, 0.717) is 0 Å². The van der Waals surface area contributed by atoms with Crippen molar-refractivity contribution in [1.29, 1.82) is 0 Å². The van der Waals surface area contributed by atoms with Crippen LogP contribution in [0.2, 0.25) is 0 Å². The molecule has 2 aliphatic heterocycles. The summed E-state index contributed by atoms with van der Waals surface area (Å²) >= 11 is 0. The van der Waals surface area contributed by atoms with Crippen molar-refractivity contribution in [3.63, 3.8) is 0 Å². The predicted octanol–water partition coefficient (Wildman–Crippen LogP) is 3.93. The minimum Gasteiger partial charge on any atom is -0.297 e. The Balaban J connectivity index is 0.000000107. The molecule has 17 heavy (non-hydrogen) atoms. The van der Waals surface area contributed by atoms with Crippen molar-refractivity contribution in [3.05, 3.63) is 0 Å². The van der Waals surface area contributed by atoms with Gasteiger partial charge in [0.25, 0.3) is 0 Å². The third kappa shape index (κ3) is 2.70. The van der Waals surface area contributed by atoms with Gasteiger partial charge in [-0.15, -0.1) is 0 Å². The second-order valence-corrected chi connectivity index (χ2v) is 7.07.